The molecule has 0 saturated heterocycles. The lowest BCUT2D eigenvalue weighted by molar-refractivity contribution is 0.0939. The minimum absolute atomic E-state index is 0.00617. The molecule has 0 saturated carbocycles. The van der Waals surface area contributed by atoms with Crippen LogP contribution in [0, 0.1) is 5.92 Å². The summed E-state index contributed by atoms with van der Waals surface area (Å²) in [6.07, 6.45) is 2.36. The van der Waals surface area contributed by atoms with Crippen molar-refractivity contribution in [1.82, 2.24) is 10.3 Å². The van der Waals surface area contributed by atoms with Gasteiger partial charge in [0.25, 0.3) is 5.91 Å². The molecule has 118 valence electrons. The zero-order valence-electron chi connectivity index (χ0n) is 12.5. The molecule has 22 heavy (non-hydrogen) atoms. The van der Waals surface area contributed by atoms with Crippen LogP contribution in [0.4, 0.5) is 0 Å². The third kappa shape index (κ3) is 4.62. The van der Waals surface area contributed by atoms with Crippen LogP contribution in [0.2, 0.25) is 0 Å². The average molecular weight is 320 g/mol. The van der Waals surface area contributed by atoms with E-state index in [9.17, 15) is 9.90 Å². The Labute approximate surface area is 134 Å². The van der Waals surface area contributed by atoms with Gasteiger partial charge in [0.1, 0.15) is 0 Å². The van der Waals surface area contributed by atoms with Gasteiger partial charge in [-0.15, -0.1) is 11.3 Å². The molecule has 0 bridgehead atoms. The van der Waals surface area contributed by atoms with Crippen molar-refractivity contribution in [3.05, 3.63) is 52.0 Å². The molecule has 2 aromatic heterocycles. The predicted molar refractivity (Wildman–Crippen MR) is 85.9 cm³/mol. The second-order valence-electron chi connectivity index (χ2n) is 4.99. The molecule has 2 heterocycles. The minimum atomic E-state index is -0.124. The van der Waals surface area contributed by atoms with E-state index in [-0.39, 0.29) is 18.4 Å². The number of pyridine rings is 1. The molecule has 2 rings (SSSR count). The van der Waals surface area contributed by atoms with Gasteiger partial charge in [-0.2, -0.15) is 0 Å². The van der Waals surface area contributed by atoms with Crippen LogP contribution in [0.5, 0.6) is 0 Å². The molecule has 0 aliphatic heterocycles. The molecular formula is C16H20N2O3S. The highest BCUT2D eigenvalue weighted by Gasteiger charge is 2.15. The first kappa shape index (κ1) is 16.6. The maximum absolute atomic E-state index is 12.2. The number of ether oxygens (including phenoxy) is 1. The number of aliphatic hydroxyl groups is 1. The number of aliphatic hydroxyl groups excluding tert-OH is 1. The molecule has 0 aromatic carbocycles. The van der Waals surface area contributed by atoms with E-state index in [0.29, 0.717) is 24.4 Å². The Kier molecular flexibility index (Phi) is 6.51. The summed E-state index contributed by atoms with van der Waals surface area (Å²) in [6.45, 7) is 0.839. The molecule has 6 heteroatoms. The minimum Gasteiger partial charge on any atom is -0.396 e. The fraction of sp³-hybridized carbons (Fsp3) is 0.375. The van der Waals surface area contributed by atoms with E-state index in [0.717, 1.165) is 11.3 Å². The van der Waals surface area contributed by atoms with Crippen molar-refractivity contribution in [2.24, 2.45) is 5.92 Å². The van der Waals surface area contributed by atoms with Gasteiger partial charge in [-0.3, -0.25) is 9.78 Å². The third-order valence-electron chi connectivity index (χ3n) is 3.29. The molecule has 0 aliphatic rings. The van der Waals surface area contributed by atoms with E-state index < -0.39 is 0 Å². The van der Waals surface area contributed by atoms with Crippen LogP contribution in [-0.4, -0.2) is 36.3 Å². The molecule has 1 unspecified atom stereocenters. The SMILES string of the molecule is COCc1ccsc1C(=O)NCC(CO)Cc1ccccn1. The van der Waals surface area contributed by atoms with Gasteiger partial charge in [0.2, 0.25) is 0 Å². The van der Waals surface area contributed by atoms with Crippen LogP contribution in [0.25, 0.3) is 0 Å². The van der Waals surface area contributed by atoms with E-state index in [4.69, 9.17) is 4.74 Å². The Morgan fingerprint density at radius 2 is 2.32 bits per heavy atom. The molecule has 0 spiro atoms. The molecule has 0 aliphatic carbocycles. The van der Waals surface area contributed by atoms with Crippen molar-refractivity contribution in [2.45, 2.75) is 13.0 Å². The first-order valence-electron chi connectivity index (χ1n) is 7.08. The Morgan fingerprint density at radius 1 is 1.45 bits per heavy atom. The van der Waals surface area contributed by atoms with Crippen LogP contribution < -0.4 is 5.32 Å². The van der Waals surface area contributed by atoms with Crippen molar-refractivity contribution < 1.29 is 14.6 Å². The highest BCUT2D eigenvalue weighted by Crippen LogP contribution is 2.17. The summed E-state index contributed by atoms with van der Waals surface area (Å²) in [5, 5.41) is 14.2. The quantitative estimate of drug-likeness (QED) is 0.779. The topological polar surface area (TPSA) is 71.5 Å². The van der Waals surface area contributed by atoms with E-state index in [2.05, 4.69) is 10.3 Å². The van der Waals surface area contributed by atoms with Crippen LogP contribution in [0.1, 0.15) is 20.9 Å². The Hall–Kier alpha value is -1.76. The highest BCUT2D eigenvalue weighted by molar-refractivity contribution is 7.12. The molecule has 5 nitrogen and oxygen atoms in total. The van der Waals surface area contributed by atoms with Crippen LogP contribution in [0.15, 0.2) is 35.8 Å². The van der Waals surface area contributed by atoms with Crippen molar-refractivity contribution in [2.75, 3.05) is 20.3 Å². The molecule has 1 amide bonds. The lowest BCUT2D eigenvalue weighted by atomic mass is 10.0. The fourth-order valence-corrected chi connectivity index (χ4v) is 2.96. The smallest absolute Gasteiger partial charge is 0.261 e. The first-order chi connectivity index (χ1) is 10.7. The van der Waals surface area contributed by atoms with Gasteiger partial charge in [0.15, 0.2) is 0 Å². The number of thiophene rings is 1. The molecule has 2 N–H and O–H groups in total. The van der Waals surface area contributed by atoms with E-state index in [1.807, 2.05) is 29.6 Å². The van der Waals surface area contributed by atoms with E-state index in [1.165, 1.54) is 11.3 Å². The van der Waals surface area contributed by atoms with Gasteiger partial charge in [-0.1, -0.05) is 6.07 Å². The molecule has 0 radical (unpaired) electrons. The van der Waals surface area contributed by atoms with Crippen molar-refractivity contribution in [3.8, 4) is 0 Å². The standard InChI is InChI=1S/C16H20N2O3S/c1-21-11-13-5-7-22-15(13)16(20)18-9-12(10-19)8-14-4-2-3-6-17-14/h2-7,12,19H,8-11H2,1H3,(H,18,20). The number of hydrogen-bond acceptors (Lipinski definition) is 5. The number of hydrogen-bond donors (Lipinski definition) is 2. The van der Waals surface area contributed by atoms with Crippen LogP contribution in [-0.2, 0) is 17.8 Å². The Bertz CT molecular complexity index is 586. The zero-order chi connectivity index (χ0) is 15.8. The lowest BCUT2D eigenvalue weighted by Gasteiger charge is -2.14. The summed E-state index contributed by atoms with van der Waals surface area (Å²) < 4.78 is 5.08. The normalized spacial score (nSPS) is 12.1. The lowest BCUT2D eigenvalue weighted by Crippen LogP contribution is -2.32. The summed E-state index contributed by atoms with van der Waals surface area (Å²) >= 11 is 1.39. The monoisotopic (exact) mass is 320 g/mol. The molecule has 0 fully saturated rings. The molecule has 1 atom stereocenters. The third-order valence-corrected chi connectivity index (χ3v) is 4.24. The number of carbonyl (C=O) groups excluding carboxylic acids is 1. The number of nitrogens with zero attached hydrogens (tertiary/aromatic N) is 1. The van der Waals surface area contributed by atoms with Gasteiger partial charge >= 0.3 is 0 Å². The maximum Gasteiger partial charge on any atom is 0.261 e. The highest BCUT2D eigenvalue weighted by atomic mass is 32.1. The Balaban J connectivity index is 1.89. The van der Waals surface area contributed by atoms with Crippen LogP contribution in [0.3, 0.4) is 0 Å². The summed E-state index contributed by atoms with van der Waals surface area (Å²) in [6, 6.07) is 7.58. The van der Waals surface area contributed by atoms with Gasteiger partial charge < -0.3 is 15.2 Å². The summed E-state index contributed by atoms with van der Waals surface area (Å²) in [4.78, 5) is 17.1. The van der Waals surface area contributed by atoms with Gasteiger partial charge in [-0.25, -0.2) is 0 Å². The van der Waals surface area contributed by atoms with E-state index >= 15 is 0 Å². The second kappa shape index (κ2) is 8.63. The summed E-state index contributed by atoms with van der Waals surface area (Å²) in [7, 11) is 1.61. The van der Waals surface area contributed by atoms with Crippen molar-refractivity contribution in [1.29, 1.82) is 0 Å². The number of aromatic nitrogens is 1. The zero-order valence-corrected chi connectivity index (χ0v) is 13.3. The van der Waals surface area contributed by atoms with Crippen molar-refractivity contribution >= 4 is 17.2 Å². The number of rotatable bonds is 8. The molecular weight excluding hydrogens is 300 g/mol. The van der Waals surface area contributed by atoms with Gasteiger partial charge in [0, 0.05) is 43.6 Å². The maximum atomic E-state index is 12.2. The largest absolute Gasteiger partial charge is 0.396 e. The van der Waals surface area contributed by atoms with Gasteiger partial charge in [0.05, 0.1) is 11.5 Å². The molecule has 2 aromatic rings. The van der Waals surface area contributed by atoms with Gasteiger partial charge in [-0.05, 0) is 30.0 Å². The number of methoxy groups -OCH3 is 1. The fourth-order valence-electron chi connectivity index (χ4n) is 2.14. The van der Waals surface area contributed by atoms with E-state index in [1.54, 1.807) is 13.3 Å². The average Bonchev–Trinajstić information content (AvgIpc) is 3.01. The second-order valence-corrected chi connectivity index (χ2v) is 5.91. The predicted octanol–water partition coefficient (Wildman–Crippen LogP) is 1.87. The first-order valence-corrected chi connectivity index (χ1v) is 7.96. The number of amides is 1. The summed E-state index contributed by atoms with van der Waals surface area (Å²) in [5.41, 5.74) is 1.79. The summed E-state index contributed by atoms with van der Waals surface area (Å²) in [5.74, 6) is -0.175. The van der Waals surface area contributed by atoms with Crippen molar-refractivity contribution in [3.63, 3.8) is 0 Å². The van der Waals surface area contributed by atoms with Crippen LogP contribution >= 0.6 is 11.3 Å². The number of carbonyl (C=O) groups is 1. The number of nitrogens with one attached hydrogen (secondary N) is 1. The Morgan fingerprint density at radius 3 is 3.00 bits per heavy atom.